The minimum Gasteiger partial charge on any atom is -0.508 e. The van der Waals surface area contributed by atoms with Crippen molar-refractivity contribution >= 4 is 23.9 Å². The zero-order valence-corrected chi connectivity index (χ0v) is 24.5. The molecule has 0 bridgehead atoms. The van der Waals surface area contributed by atoms with E-state index in [1.807, 2.05) is 0 Å². The smallest absolute Gasteiger partial charge is 0.408 e. The minimum absolute atomic E-state index is 0.0222. The van der Waals surface area contributed by atoms with Crippen LogP contribution in [0.5, 0.6) is 5.75 Å². The van der Waals surface area contributed by atoms with Gasteiger partial charge in [0.15, 0.2) is 0 Å². The molecule has 226 valence electrons. The lowest BCUT2D eigenvalue weighted by Gasteiger charge is -2.34. The monoisotopic (exact) mass is 565 g/mol. The molecule has 0 radical (unpaired) electrons. The number of aliphatic hydroxyl groups is 1. The molecule has 0 heterocycles. The molecule has 1 rings (SSSR count). The van der Waals surface area contributed by atoms with Crippen molar-refractivity contribution in [2.24, 2.45) is 0 Å². The van der Waals surface area contributed by atoms with Gasteiger partial charge in [-0.3, -0.25) is 14.4 Å². The second kappa shape index (κ2) is 18.1. The van der Waals surface area contributed by atoms with Crippen LogP contribution in [0.2, 0.25) is 0 Å². The van der Waals surface area contributed by atoms with Crippen LogP contribution in [-0.4, -0.2) is 76.9 Å². The summed E-state index contributed by atoms with van der Waals surface area (Å²) >= 11 is 0. The Morgan fingerprint density at radius 1 is 1.02 bits per heavy atom. The Balaban J connectivity index is 3.30. The first-order valence-electron chi connectivity index (χ1n) is 14.1. The first-order valence-corrected chi connectivity index (χ1v) is 14.1. The average Bonchev–Trinajstić information content (AvgIpc) is 2.87. The molecule has 11 nitrogen and oxygen atoms in total. The first-order chi connectivity index (χ1) is 18.9. The number of amides is 3. The van der Waals surface area contributed by atoms with Crippen molar-refractivity contribution in [2.75, 3.05) is 26.3 Å². The van der Waals surface area contributed by atoms with Gasteiger partial charge in [-0.1, -0.05) is 51.2 Å². The second-order valence-corrected chi connectivity index (χ2v) is 10.5. The lowest BCUT2D eigenvalue weighted by Crippen LogP contribution is -2.54. The highest BCUT2D eigenvalue weighted by molar-refractivity contribution is 5.92. The number of nitrogens with one attached hydrogen (secondary N) is 2. The van der Waals surface area contributed by atoms with Gasteiger partial charge in [0.25, 0.3) is 0 Å². The van der Waals surface area contributed by atoms with Gasteiger partial charge in [-0.05, 0) is 51.8 Å². The number of hydrogen-bond donors (Lipinski definition) is 4. The van der Waals surface area contributed by atoms with Crippen LogP contribution in [0.15, 0.2) is 24.3 Å². The lowest BCUT2D eigenvalue weighted by molar-refractivity contribution is -0.144. The number of rotatable bonds is 17. The van der Waals surface area contributed by atoms with Gasteiger partial charge >= 0.3 is 12.1 Å². The molecule has 11 heteroatoms. The molecule has 0 aliphatic carbocycles. The van der Waals surface area contributed by atoms with E-state index in [1.54, 1.807) is 39.8 Å². The lowest BCUT2D eigenvalue weighted by atomic mass is 10.0. The van der Waals surface area contributed by atoms with E-state index >= 15 is 0 Å². The summed E-state index contributed by atoms with van der Waals surface area (Å²) in [4.78, 5) is 52.8. The largest absolute Gasteiger partial charge is 0.508 e. The first kappa shape index (κ1) is 34.7. The van der Waals surface area contributed by atoms with Crippen LogP contribution >= 0.6 is 0 Å². The summed E-state index contributed by atoms with van der Waals surface area (Å²) in [5.41, 5.74) is -0.490. The minimum atomic E-state index is -1.37. The van der Waals surface area contributed by atoms with E-state index in [2.05, 4.69) is 17.6 Å². The Kier molecular flexibility index (Phi) is 15.7. The Labute approximate surface area is 237 Å². The fourth-order valence-electron chi connectivity index (χ4n) is 4.05. The number of ether oxygens (including phenoxy) is 2. The number of carbonyl (C=O) groups is 4. The zero-order valence-electron chi connectivity index (χ0n) is 24.5. The van der Waals surface area contributed by atoms with E-state index < -0.39 is 48.2 Å². The highest BCUT2D eigenvalue weighted by Crippen LogP contribution is 2.26. The number of aromatic hydroxyl groups is 1. The van der Waals surface area contributed by atoms with Crippen LogP contribution in [0.1, 0.15) is 91.2 Å². The molecule has 0 aliphatic heterocycles. The number of carbonyl (C=O) groups excluding carboxylic acids is 4. The number of nitrogens with zero attached hydrogens (tertiary/aromatic N) is 1. The van der Waals surface area contributed by atoms with Gasteiger partial charge < -0.3 is 35.2 Å². The third-order valence-corrected chi connectivity index (χ3v) is 5.89. The van der Waals surface area contributed by atoms with E-state index in [9.17, 15) is 29.4 Å². The van der Waals surface area contributed by atoms with E-state index in [-0.39, 0.29) is 31.9 Å². The van der Waals surface area contributed by atoms with Gasteiger partial charge in [-0.2, -0.15) is 0 Å². The number of alkyl carbamates (subject to hydrolysis) is 1. The SMILES string of the molecule is CCCCCCCCN(C(=O)C(CO)NC(=O)OC(C)(C)C)C(C(=O)NCCC(=O)OCC)c1cccc(O)c1. The molecule has 0 spiro atoms. The molecule has 1 aromatic rings. The Morgan fingerprint density at radius 3 is 2.30 bits per heavy atom. The Morgan fingerprint density at radius 2 is 1.70 bits per heavy atom. The third kappa shape index (κ3) is 13.1. The third-order valence-electron chi connectivity index (χ3n) is 5.89. The number of unbranched alkanes of at least 4 members (excludes halogenated alkanes) is 5. The molecular formula is C29H47N3O8. The van der Waals surface area contributed by atoms with Crippen LogP contribution in [-0.2, 0) is 23.9 Å². The molecule has 0 aliphatic rings. The molecule has 2 unspecified atom stereocenters. The average molecular weight is 566 g/mol. The van der Waals surface area contributed by atoms with E-state index in [1.165, 1.54) is 17.0 Å². The zero-order chi connectivity index (χ0) is 30.1. The van der Waals surface area contributed by atoms with Crippen LogP contribution in [0.25, 0.3) is 0 Å². The summed E-state index contributed by atoms with van der Waals surface area (Å²) in [7, 11) is 0. The van der Waals surface area contributed by atoms with Gasteiger partial charge in [0.05, 0.1) is 19.6 Å². The quantitative estimate of drug-likeness (QED) is 0.165. The van der Waals surface area contributed by atoms with Crippen LogP contribution < -0.4 is 10.6 Å². The number of phenols is 1. The molecule has 3 amide bonds. The summed E-state index contributed by atoms with van der Waals surface area (Å²) in [6.45, 7) is 8.45. The standard InChI is InChI=1S/C29H47N3O8/c1-6-8-9-10-11-12-18-32(27(37)23(20-33)31-28(38)40-29(3,4)5)25(21-14-13-15-22(34)19-21)26(36)30-17-16-24(35)39-7-2/h13-15,19,23,25,33-34H,6-12,16-18,20H2,1-5H3,(H,30,36)(H,31,38). The van der Waals surface area contributed by atoms with E-state index in [0.29, 0.717) is 12.0 Å². The van der Waals surface area contributed by atoms with Gasteiger partial charge in [0.2, 0.25) is 11.8 Å². The van der Waals surface area contributed by atoms with Gasteiger partial charge in [-0.25, -0.2) is 4.79 Å². The van der Waals surface area contributed by atoms with Crippen LogP contribution in [0, 0.1) is 0 Å². The fourth-order valence-corrected chi connectivity index (χ4v) is 4.05. The summed E-state index contributed by atoms with van der Waals surface area (Å²) in [6.07, 6.45) is 4.64. The molecule has 0 saturated heterocycles. The molecule has 40 heavy (non-hydrogen) atoms. The molecule has 1 aromatic carbocycles. The van der Waals surface area contributed by atoms with Gasteiger partial charge in [0.1, 0.15) is 23.4 Å². The highest BCUT2D eigenvalue weighted by Gasteiger charge is 2.36. The van der Waals surface area contributed by atoms with Crippen LogP contribution in [0.4, 0.5) is 4.79 Å². The maximum Gasteiger partial charge on any atom is 0.408 e. The summed E-state index contributed by atoms with van der Waals surface area (Å²) in [5.74, 6) is -1.84. The molecule has 0 fully saturated rings. The van der Waals surface area contributed by atoms with Crippen molar-refractivity contribution in [1.82, 2.24) is 15.5 Å². The molecule has 0 aromatic heterocycles. The van der Waals surface area contributed by atoms with Crippen LogP contribution in [0.3, 0.4) is 0 Å². The highest BCUT2D eigenvalue weighted by atomic mass is 16.6. The predicted octanol–water partition coefficient (Wildman–Crippen LogP) is 3.58. The maximum atomic E-state index is 13.8. The molecular weight excluding hydrogens is 518 g/mol. The number of aliphatic hydroxyl groups excluding tert-OH is 1. The maximum absolute atomic E-state index is 13.8. The molecule has 2 atom stereocenters. The topological polar surface area (TPSA) is 154 Å². The van der Waals surface area contributed by atoms with Crippen molar-refractivity contribution in [2.45, 2.75) is 97.2 Å². The molecule has 4 N–H and O–H groups in total. The number of esters is 1. The van der Waals surface area contributed by atoms with E-state index in [4.69, 9.17) is 9.47 Å². The normalized spacial score (nSPS) is 12.7. The van der Waals surface area contributed by atoms with Crippen molar-refractivity contribution < 1.29 is 38.9 Å². The second-order valence-electron chi connectivity index (χ2n) is 10.5. The predicted molar refractivity (Wildman–Crippen MR) is 150 cm³/mol. The van der Waals surface area contributed by atoms with Crippen molar-refractivity contribution in [3.8, 4) is 5.75 Å². The van der Waals surface area contributed by atoms with E-state index in [0.717, 1.165) is 32.1 Å². The molecule has 0 saturated carbocycles. The summed E-state index contributed by atoms with van der Waals surface area (Å²) in [6, 6.07) is 3.41. The Hall–Kier alpha value is -3.34. The Bertz CT molecular complexity index is 947. The van der Waals surface area contributed by atoms with Crippen molar-refractivity contribution in [1.29, 1.82) is 0 Å². The fraction of sp³-hybridized carbons (Fsp3) is 0.655. The number of hydrogen-bond acceptors (Lipinski definition) is 8. The van der Waals surface area contributed by atoms with Gasteiger partial charge in [0, 0.05) is 13.1 Å². The summed E-state index contributed by atoms with van der Waals surface area (Å²) < 4.78 is 10.2. The summed E-state index contributed by atoms with van der Waals surface area (Å²) in [5, 5.41) is 25.3. The number of phenolic OH excluding ortho intramolecular Hbond substituents is 1. The number of benzene rings is 1. The van der Waals surface area contributed by atoms with Crippen molar-refractivity contribution in [3.63, 3.8) is 0 Å². The van der Waals surface area contributed by atoms with Gasteiger partial charge in [-0.15, -0.1) is 0 Å². The van der Waals surface area contributed by atoms with Crippen molar-refractivity contribution in [3.05, 3.63) is 29.8 Å².